The van der Waals surface area contributed by atoms with E-state index in [0.717, 1.165) is 107 Å². The van der Waals surface area contributed by atoms with Crippen LogP contribution in [0.4, 0.5) is 0 Å². The predicted molar refractivity (Wildman–Crippen MR) is 588 cm³/mol. The Hall–Kier alpha value is -17.3. The summed E-state index contributed by atoms with van der Waals surface area (Å²) >= 11 is 0. The molecule has 141 heavy (non-hydrogen) atoms. The molecule has 6 heterocycles. The van der Waals surface area contributed by atoms with Crippen LogP contribution in [0, 0.1) is 0 Å². The molecule has 2 fully saturated rings. The van der Waals surface area contributed by atoms with Crippen molar-refractivity contribution in [3.63, 3.8) is 0 Å². The highest BCUT2D eigenvalue weighted by molar-refractivity contribution is 6.13. The van der Waals surface area contributed by atoms with Gasteiger partial charge in [-0.25, -0.2) is 24.9 Å². The second kappa shape index (κ2) is 39.0. The van der Waals surface area contributed by atoms with Crippen LogP contribution in [0.25, 0.3) is 217 Å². The number of aromatic nitrogens is 8. The van der Waals surface area contributed by atoms with Gasteiger partial charge in [-0.2, -0.15) is 0 Å². The van der Waals surface area contributed by atoms with Crippen molar-refractivity contribution >= 4 is 65.4 Å². The highest BCUT2D eigenvalue weighted by Gasteiger charge is 2.25. The van der Waals surface area contributed by atoms with Crippen molar-refractivity contribution < 1.29 is 0 Å². The SMILES string of the molecule is c1ccc(-c2cc(-c3ccc(-n4c5ccc(C6CCCCC6)cc5c5cc(C6CCCCC6)ccc54)cc3)nc(-c3ccccc3)n2)cc1.c1ccc(-c2ccc(-c3cc(-c4ccc(-n5c6ccccc6c6ccccc65)cc4)cc(-c4ccccc4)n3)cc2)cc1.c1ccc(-c2ccc3c(c2)c2cc(-c4ccccc4)ccc2n3-c2ccc(-c3cc(-c4ccccc4)nc(-c4ccccc4)n3)cc2)cc1. The Kier molecular flexibility index (Phi) is 24.0. The Morgan fingerprint density at radius 2 is 0.376 bits per heavy atom. The smallest absolute Gasteiger partial charge is 0.160 e. The maximum atomic E-state index is 5.12. The van der Waals surface area contributed by atoms with Gasteiger partial charge >= 0.3 is 0 Å². The Balaban J connectivity index is 0.000000115. The third kappa shape index (κ3) is 17.8. The van der Waals surface area contributed by atoms with Gasteiger partial charge in [0.15, 0.2) is 11.6 Å². The van der Waals surface area contributed by atoms with Gasteiger partial charge in [-0.15, -0.1) is 0 Å². The molecule has 24 aromatic rings. The van der Waals surface area contributed by atoms with Crippen molar-refractivity contribution in [1.82, 2.24) is 38.6 Å². The molecule has 0 spiro atoms. The zero-order valence-electron chi connectivity index (χ0n) is 78.5. The molecule has 8 nitrogen and oxygen atoms in total. The third-order valence-electron chi connectivity index (χ3n) is 28.7. The summed E-state index contributed by atoms with van der Waals surface area (Å²) in [7, 11) is 0. The van der Waals surface area contributed by atoms with Crippen LogP contribution < -0.4 is 0 Å². The molecule has 2 saturated carbocycles. The number of hydrogen-bond acceptors (Lipinski definition) is 5. The number of hydrogen-bond donors (Lipinski definition) is 0. The van der Waals surface area contributed by atoms with Gasteiger partial charge < -0.3 is 13.7 Å². The van der Waals surface area contributed by atoms with Crippen molar-refractivity contribution in [3.8, 4) is 152 Å². The van der Waals surface area contributed by atoms with Crippen molar-refractivity contribution in [2.75, 3.05) is 0 Å². The normalized spacial score (nSPS) is 12.9. The standard InChI is InChI=1S/C46H43N3.C46H31N3.C41H28N2/c2*1-5-13-32(14-6-1)37-23-27-44-40(29-37)41-30-38(33-15-7-2-8-16-33)24-28-45(41)49(44)39-25-21-35(22-26-39)43-31-42(34-17-9-3-10-18-34)47-46(48-43)36-19-11-4-12-20-36;1-3-11-29(12-4-1)30-19-21-33(22-20-30)39-28-34(27-38(42-39)32-13-5-2-6-14-32)31-23-25-35(26-24-31)43-40-17-9-7-15-36(40)37-16-8-10-18-41(37)43/h3-4,9-12,17-33H,1-2,5-8,13-16H2;1-31H;1-28H. The zero-order valence-corrected chi connectivity index (χ0v) is 78.5. The lowest BCUT2D eigenvalue weighted by atomic mass is 9.83. The van der Waals surface area contributed by atoms with Gasteiger partial charge in [-0.3, -0.25) is 0 Å². The van der Waals surface area contributed by atoms with Gasteiger partial charge in [0.25, 0.3) is 0 Å². The predicted octanol–water partition coefficient (Wildman–Crippen LogP) is 35.4. The quantitative estimate of drug-likeness (QED) is 0.0908. The van der Waals surface area contributed by atoms with Crippen LogP contribution in [0.2, 0.25) is 0 Å². The average Bonchev–Trinajstić information content (AvgIpc) is 1.58. The fourth-order valence-electron chi connectivity index (χ4n) is 21.4. The molecular weight excluding hydrogens is 1710 g/mol. The van der Waals surface area contributed by atoms with Gasteiger partial charge in [0.1, 0.15) is 0 Å². The lowest BCUT2D eigenvalue weighted by Crippen LogP contribution is -2.04. The molecule has 0 atom stereocenters. The first-order chi connectivity index (χ1) is 69.9. The van der Waals surface area contributed by atoms with Gasteiger partial charge in [-0.1, -0.05) is 403 Å². The summed E-state index contributed by atoms with van der Waals surface area (Å²) in [6, 6.07) is 173. The minimum Gasteiger partial charge on any atom is -0.309 e. The van der Waals surface area contributed by atoms with Crippen LogP contribution in [-0.4, -0.2) is 38.6 Å². The molecule has 6 aromatic heterocycles. The third-order valence-corrected chi connectivity index (χ3v) is 28.7. The minimum absolute atomic E-state index is 0.687. The largest absolute Gasteiger partial charge is 0.309 e. The van der Waals surface area contributed by atoms with E-state index in [2.05, 4.69) is 426 Å². The molecule has 2 aliphatic carbocycles. The highest BCUT2D eigenvalue weighted by atomic mass is 15.0. The Labute approximate surface area is 822 Å². The number of nitrogens with zero attached hydrogens (tertiary/aromatic N) is 8. The molecule has 0 bridgehead atoms. The summed E-state index contributed by atoms with van der Waals surface area (Å²) < 4.78 is 7.22. The average molecular weight is 1810 g/mol. The Bertz CT molecular complexity index is 8230. The van der Waals surface area contributed by atoms with Gasteiger partial charge in [0.2, 0.25) is 0 Å². The lowest BCUT2D eigenvalue weighted by Gasteiger charge is -2.22. The molecule has 18 aromatic carbocycles. The number of benzene rings is 18. The first kappa shape index (κ1) is 86.5. The van der Waals surface area contributed by atoms with E-state index in [4.69, 9.17) is 24.9 Å². The lowest BCUT2D eigenvalue weighted by molar-refractivity contribution is 0.444. The molecular formula is C133H102N8. The molecule has 0 saturated heterocycles. The van der Waals surface area contributed by atoms with E-state index in [1.807, 2.05) is 72.8 Å². The molecule has 674 valence electrons. The van der Waals surface area contributed by atoms with E-state index >= 15 is 0 Å². The van der Waals surface area contributed by atoms with Crippen LogP contribution in [-0.2, 0) is 0 Å². The Morgan fingerprint density at radius 1 is 0.149 bits per heavy atom. The minimum atomic E-state index is 0.687. The number of para-hydroxylation sites is 2. The summed E-state index contributed by atoms with van der Waals surface area (Å²) in [5.41, 5.74) is 37.5. The number of rotatable bonds is 17. The molecule has 0 N–H and O–H groups in total. The maximum absolute atomic E-state index is 5.12. The van der Waals surface area contributed by atoms with Gasteiger partial charge in [0, 0.05) is 93.9 Å². The van der Waals surface area contributed by atoms with E-state index in [-0.39, 0.29) is 0 Å². The van der Waals surface area contributed by atoms with Crippen LogP contribution in [0.3, 0.4) is 0 Å². The maximum Gasteiger partial charge on any atom is 0.160 e. The van der Waals surface area contributed by atoms with Gasteiger partial charge in [0.05, 0.1) is 67.3 Å². The van der Waals surface area contributed by atoms with Crippen molar-refractivity contribution in [3.05, 3.63) is 496 Å². The van der Waals surface area contributed by atoms with Crippen LogP contribution in [0.15, 0.2) is 485 Å². The molecule has 0 amide bonds. The summed E-state index contributed by atoms with van der Waals surface area (Å²) in [6.07, 6.45) is 13.5. The highest BCUT2D eigenvalue weighted by Crippen LogP contribution is 2.45. The second-order valence-corrected chi connectivity index (χ2v) is 37.4. The van der Waals surface area contributed by atoms with Crippen molar-refractivity contribution in [2.24, 2.45) is 0 Å². The van der Waals surface area contributed by atoms with Crippen molar-refractivity contribution in [1.29, 1.82) is 0 Å². The topological polar surface area (TPSA) is 79.2 Å². The van der Waals surface area contributed by atoms with Gasteiger partial charge in [-0.05, 0) is 214 Å². The van der Waals surface area contributed by atoms with Crippen LogP contribution >= 0.6 is 0 Å². The van der Waals surface area contributed by atoms with Crippen LogP contribution in [0.5, 0.6) is 0 Å². The fraction of sp³-hybridized carbons (Fsp3) is 0.0902. The Morgan fingerprint density at radius 3 is 0.716 bits per heavy atom. The van der Waals surface area contributed by atoms with E-state index in [0.29, 0.717) is 17.7 Å². The number of fused-ring (bicyclic) bond motifs is 9. The summed E-state index contributed by atoms with van der Waals surface area (Å²) in [5, 5.41) is 7.80. The second-order valence-electron chi connectivity index (χ2n) is 37.4. The first-order valence-corrected chi connectivity index (χ1v) is 49.7. The molecule has 2 aliphatic rings. The summed E-state index contributed by atoms with van der Waals surface area (Å²) in [6.45, 7) is 0. The molecule has 26 rings (SSSR count). The molecule has 0 aliphatic heterocycles. The fourth-order valence-corrected chi connectivity index (χ4v) is 21.4. The van der Waals surface area contributed by atoms with Crippen molar-refractivity contribution in [2.45, 2.75) is 76.0 Å². The summed E-state index contributed by atoms with van der Waals surface area (Å²) in [5.74, 6) is 2.83. The monoisotopic (exact) mass is 1810 g/mol. The number of pyridine rings is 1. The van der Waals surface area contributed by atoms with E-state index in [1.54, 1.807) is 0 Å². The first-order valence-electron chi connectivity index (χ1n) is 49.7. The molecule has 8 heteroatoms. The van der Waals surface area contributed by atoms with E-state index < -0.39 is 0 Å². The zero-order chi connectivity index (χ0) is 93.7. The molecule has 0 radical (unpaired) electrons. The molecule has 0 unspecified atom stereocenters. The summed E-state index contributed by atoms with van der Waals surface area (Å²) in [4.78, 5) is 25.2. The van der Waals surface area contributed by atoms with E-state index in [1.165, 1.54) is 180 Å². The van der Waals surface area contributed by atoms with E-state index in [9.17, 15) is 0 Å². The van der Waals surface area contributed by atoms with Crippen LogP contribution in [0.1, 0.15) is 87.2 Å².